The van der Waals surface area contributed by atoms with E-state index in [4.69, 9.17) is 15.2 Å². The van der Waals surface area contributed by atoms with E-state index in [1.54, 1.807) is 14.2 Å². The summed E-state index contributed by atoms with van der Waals surface area (Å²) < 4.78 is 10.6. The maximum Gasteiger partial charge on any atom is 0.161 e. The summed E-state index contributed by atoms with van der Waals surface area (Å²) in [6, 6.07) is 6.40. The Labute approximate surface area is 127 Å². The van der Waals surface area contributed by atoms with Crippen molar-refractivity contribution in [2.45, 2.75) is 25.9 Å². The normalized spacial score (nSPS) is 20.3. The lowest BCUT2D eigenvalue weighted by molar-refractivity contribution is 0.306. The highest BCUT2D eigenvalue weighted by atomic mass is 35.5. The summed E-state index contributed by atoms with van der Waals surface area (Å²) in [4.78, 5) is 2.45. The van der Waals surface area contributed by atoms with Gasteiger partial charge < -0.3 is 15.2 Å². The number of likely N-dealkylation sites (tertiary alicyclic amines) is 1. The predicted molar refractivity (Wildman–Crippen MR) is 83.8 cm³/mol. The average molecular weight is 301 g/mol. The lowest BCUT2D eigenvalue weighted by atomic mass is 10.0. The average Bonchev–Trinajstić information content (AvgIpc) is 2.87. The SMILES string of the molecule is COc1ccc(CN2CCC(C(C)N)C2)cc1OC.Cl. The molecule has 0 aromatic heterocycles. The Hall–Kier alpha value is -0.970. The minimum Gasteiger partial charge on any atom is -0.493 e. The molecule has 2 rings (SSSR count). The monoisotopic (exact) mass is 300 g/mol. The van der Waals surface area contributed by atoms with E-state index < -0.39 is 0 Å². The lowest BCUT2D eigenvalue weighted by Gasteiger charge is -2.18. The number of nitrogens with zero attached hydrogens (tertiary/aromatic N) is 1. The molecule has 5 heteroatoms. The molecule has 1 aromatic rings. The number of rotatable bonds is 5. The van der Waals surface area contributed by atoms with Gasteiger partial charge in [0.05, 0.1) is 14.2 Å². The van der Waals surface area contributed by atoms with E-state index in [2.05, 4.69) is 24.0 Å². The first-order chi connectivity index (χ1) is 9.13. The summed E-state index contributed by atoms with van der Waals surface area (Å²) in [5, 5.41) is 0. The van der Waals surface area contributed by atoms with Crippen LogP contribution in [0.5, 0.6) is 11.5 Å². The second-order valence-electron chi connectivity index (χ2n) is 5.33. The minimum atomic E-state index is 0. The van der Waals surface area contributed by atoms with Crippen molar-refractivity contribution in [2.24, 2.45) is 11.7 Å². The van der Waals surface area contributed by atoms with Gasteiger partial charge in [-0.3, -0.25) is 4.90 Å². The zero-order chi connectivity index (χ0) is 13.8. The maximum absolute atomic E-state index is 5.97. The van der Waals surface area contributed by atoms with E-state index in [1.165, 1.54) is 12.0 Å². The third-order valence-corrected chi connectivity index (χ3v) is 3.91. The molecule has 4 nitrogen and oxygen atoms in total. The molecule has 1 heterocycles. The third-order valence-electron chi connectivity index (χ3n) is 3.91. The van der Waals surface area contributed by atoms with Crippen LogP contribution in [0.15, 0.2) is 18.2 Å². The van der Waals surface area contributed by atoms with Gasteiger partial charge in [-0.05, 0) is 43.5 Å². The van der Waals surface area contributed by atoms with Gasteiger partial charge in [0, 0.05) is 19.1 Å². The Kier molecular flexibility index (Phi) is 6.59. The fourth-order valence-corrected chi connectivity index (χ4v) is 2.67. The van der Waals surface area contributed by atoms with E-state index >= 15 is 0 Å². The summed E-state index contributed by atoms with van der Waals surface area (Å²) in [5.41, 5.74) is 7.23. The highest BCUT2D eigenvalue weighted by Gasteiger charge is 2.25. The molecule has 0 amide bonds. The van der Waals surface area contributed by atoms with Gasteiger partial charge >= 0.3 is 0 Å². The van der Waals surface area contributed by atoms with Crippen LogP contribution < -0.4 is 15.2 Å². The summed E-state index contributed by atoms with van der Waals surface area (Å²) in [6.07, 6.45) is 1.20. The summed E-state index contributed by atoms with van der Waals surface area (Å²) >= 11 is 0. The number of methoxy groups -OCH3 is 2. The summed E-state index contributed by atoms with van der Waals surface area (Å²) in [5.74, 6) is 2.20. The Balaban J connectivity index is 0.00000200. The second-order valence-corrected chi connectivity index (χ2v) is 5.33. The van der Waals surface area contributed by atoms with Crippen molar-refractivity contribution in [3.63, 3.8) is 0 Å². The van der Waals surface area contributed by atoms with Crippen molar-refractivity contribution in [3.8, 4) is 11.5 Å². The highest BCUT2D eigenvalue weighted by molar-refractivity contribution is 5.85. The van der Waals surface area contributed by atoms with Gasteiger partial charge in [0.1, 0.15) is 0 Å². The molecule has 2 atom stereocenters. The quantitative estimate of drug-likeness (QED) is 0.906. The van der Waals surface area contributed by atoms with Gasteiger partial charge in [0.25, 0.3) is 0 Å². The fourth-order valence-electron chi connectivity index (χ4n) is 2.67. The first kappa shape index (κ1) is 17.1. The van der Waals surface area contributed by atoms with Crippen LogP contribution in [0.1, 0.15) is 18.9 Å². The Morgan fingerprint density at radius 2 is 2.00 bits per heavy atom. The first-order valence-electron chi connectivity index (χ1n) is 6.83. The van der Waals surface area contributed by atoms with Crippen molar-refractivity contribution < 1.29 is 9.47 Å². The molecule has 1 saturated heterocycles. The smallest absolute Gasteiger partial charge is 0.161 e. The van der Waals surface area contributed by atoms with Gasteiger partial charge in [-0.1, -0.05) is 6.07 Å². The molecule has 20 heavy (non-hydrogen) atoms. The van der Waals surface area contributed by atoms with Crippen LogP contribution in [0.2, 0.25) is 0 Å². The van der Waals surface area contributed by atoms with Crippen LogP contribution in [0.4, 0.5) is 0 Å². The molecule has 1 aliphatic rings. The van der Waals surface area contributed by atoms with Gasteiger partial charge in [-0.25, -0.2) is 0 Å². The van der Waals surface area contributed by atoms with Gasteiger partial charge in [-0.15, -0.1) is 12.4 Å². The highest BCUT2D eigenvalue weighted by Crippen LogP contribution is 2.29. The summed E-state index contributed by atoms with van der Waals surface area (Å²) in [6.45, 7) is 5.26. The maximum atomic E-state index is 5.97. The van der Waals surface area contributed by atoms with Crippen molar-refractivity contribution >= 4 is 12.4 Å². The second kappa shape index (κ2) is 7.72. The number of nitrogens with two attached hydrogens (primary N) is 1. The van der Waals surface area contributed by atoms with Crippen molar-refractivity contribution in [3.05, 3.63) is 23.8 Å². The Morgan fingerprint density at radius 1 is 1.30 bits per heavy atom. The van der Waals surface area contributed by atoms with E-state index in [9.17, 15) is 0 Å². The number of ether oxygens (including phenoxy) is 2. The molecule has 114 valence electrons. The molecule has 2 N–H and O–H groups in total. The molecule has 1 fully saturated rings. The van der Waals surface area contributed by atoms with Crippen LogP contribution in [0.3, 0.4) is 0 Å². The van der Waals surface area contributed by atoms with Crippen LogP contribution >= 0.6 is 12.4 Å². The third kappa shape index (κ3) is 4.01. The van der Waals surface area contributed by atoms with Crippen LogP contribution in [0.25, 0.3) is 0 Å². The largest absolute Gasteiger partial charge is 0.493 e. The van der Waals surface area contributed by atoms with Crippen LogP contribution in [-0.4, -0.2) is 38.3 Å². The Morgan fingerprint density at radius 3 is 2.55 bits per heavy atom. The molecule has 2 unspecified atom stereocenters. The standard InChI is InChI=1S/C15H24N2O2.ClH/c1-11(16)13-6-7-17(10-13)9-12-4-5-14(18-2)15(8-12)19-3;/h4-5,8,11,13H,6-7,9-10,16H2,1-3H3;1H. The lowest BCUT2D eigenvalue weighted by Crippen LogP contribution is -2.29. The Bertz CT molecular complexity index is 426. The van der Waals surface area contributed by atoms with E-state index in [0.29, 0.717) is 5.92 Å². The number of benzene rings is 1. The van der Waals surface area contributed by atoms with Crippen molar-refractivity contribution in [1.29, 1.82) is 0 Å². The number of hydrogen-bond acceptors (Lipinski definition) is 4. The molecule has 0 spiro atoms. The molecular formula is C15H25ClN2O2. The molecule has 0 radical (unpaired) electrons. The van der Waals surface area contributed by atoms with Crippen molar-refractivity contribution in [1.82, 2.24) is 4.90 Å². The predicted octanol–water partition coefficient (Wildman–Crippen LogP) is 2.29. The molecule has 0 saturated carbocycles. The fraction of sp³-hybridized carbons (Fsp3) is 0.600. The van der Waals surface area contributed by atoms with Gasteiger partial charge in [0.15, 0.2) is 11.5 Å². The van der Waals surface area contributed by atoms with Crippen LogP contribution in [-0.2, 0) is 6.54 Å². The number of halogens is 1. The summed E-state index contributed by atoms with van der Waals surface area (Å²) in [7, 11) is 3.33. The van der Waals surface area contributed by atoms with E-state index in [-0.39, 0.29) is 18.4 Å². The van der Waals surface area contributed by atoms with Crippen LogP contribution in [0, 0.1) is 5.92 Å². The molecular weight excluding hydrogens is 276 g/mol. The van der Waals surface area contributed by atoms with Crippen molar-refractivity contribution in [2.75, 3.05) is 27.3 Å². The molecule has 0 bridgehead atoms. The number of hydrogen-bond donors (Lipinski definition) is 1. The van der Waals surface area contributed by atoms with E-state index in [1.807, 2.05) is 6.07 Å². The molecule has 1 aliphatic heterocycles. The van der Waals surface area contributed by atoms with E-state index in [0.717, 1.165) is 31.1 Å². The van der Waals surface area contributed by atoms with Gasteiger partial charge in [-0.2, -0.15) is 0 Å². The minimum absolute atomic E-state index is 0. The topological polar surface area (TPSA) is 47.7 Å². The first-order valence-corrected chi connectivity index (χ1v) is 6.83. The zero-order valence-corrected chi connectivity index (χ0v) is 13.3. The zero-order valence-electron chi connectivity index (χ0n) is 12.5. The molecule has 1 aromatic carbocycles. The molecule has 0 aliphatic carbocycles. The van der Waals surface area contributed by atoms with Gasteiger partial charge in [0.2, 0.25) is 0 Å².